The summed E-state index contributed by atoms with van der Waals surface area (Å²) in [6.45, 7) is 2.85. The summed E-state index contributed by atoms with van der Waals surface area (Å²) in [6, 6.07) is -0.582. The van der Waals surface area contributed by atoms with Crippen LogP contribution in [0.4, 0.5) is 23.5 Å². The van der Waals surface area contributed by atoms with Gasteiger partial charge in [-0.1, -0.05) is 0 Å². The Morgan fingerprint density at radius 3 is 2.91 bits per heavy atom. The SMILES string of the molecule is CCOC(C)n1cc(-c2ncn3nc(N[C@H]4CCOC[C@H]4F)nc3c2OCC(F)(F)F)cn1. The summed E-state index contributed by atoms with van der Waals surface area (Å²) in [5, 5.41) is 11.2. The molecule has 33 heavy (non-hydrogen) atoms. The quantitative estimate of drug-likeness (QED) is 0.499. The zero-order valence-corrected chi connectivity index (χ0v) is 17.9. The average molecular weight is 473 g/mol. The van der Waals surface area contributed by atoms with Crippen LogP contribution in [0.2, 0.25) is 0 Å². The standard InChI is InChI=1S/C19H23F4N7O3/c1-3-32-11(2)29-7-12(6-25-29)15-16(33-9-19(21,22)23)17-27-18(28-30(17)10-24-15)26-14-4-5-31-8-13(14)20/h6-7,10-11,13-14H,3-5,8-9H2,1-2H3,(H,26,28)/t11?,13-,14+/m1/s1. The molecule has 14 heteroatoms. The van der Waals surface area contributed by atoms with Crippen LogP contribution < -0.4 is 10.1 Å². The van der Waals surface area contributed by atoms with Crippen molar-refractivity contribution >= 4 is 11.6 Å². The van der Waals surface area contributed by atoms with Crippen LogP contribution in [0.25, 0.3) is 16.9 Å². The van der Waals surface area contributed by atoms with Crippen molar-refractivity contribution in [3.8, 4) is 17.0 Å². The second-order valence-electron chi connectivity index (χ2n) is 7.42. The van der Waals surface area contributed by atoms with E-state index in [0.717, 1.165) is 0 Å². The Bertz CT molecular complexity index is 1090. The number of halogens is 4. The normalized spacial score (nSPS) is 20.2. The second kappa shape index (κ2) is 9.47. The lowest BCUT2D eigenvalue weighted by molar-refractivity contribution is -0.153. The highest BCUT2D eigenvalue weighted by Gasteiger charge is 2.31. The van der Waals surface area contributed by atoms with Gasteiger partial charge in [0.2, 0.25) is 11.6 Å². The lowest BCUT2D eigenvalue weighted by Crippen LogP contribution is -2.39. The summed E-state index contributed by atoms with van der Waals surface area (Å²) in [6.07, 6.45) is -1.51. The van der Waals surface area contributed by atoms with E-state index in [1.54, 1.807) is 13.1 Å². The number of ether oxygens (including phenoxy) is 3. The van der Waals surface area contributed by atoms with Crippen LogP contribution in [0.15, 0.2) is 18.7 Å². The summed E-state index contributed by atoms with van der Waals surface area (Å²) in [7, 11) is 0. The molecule has 0 aromatic carbocycles. The van der Waals surface area contributed by atoms with Crippen molar-refractivity contribution in [2.45, 2.75) is 44.9 Å². The van der Waals surface area contributed by atoms with Crippen molar-refractivity contribution < 1.29 is 31.8 Å². The van der Waals surface area contributed by atoms with E-state index in [4.69, 9.17) is 14.2 Å². The van der Waals surface area contributed by atoms with Crippen molar-refractivity contribution in [3.63, 3.8) is 0 Å². The molecule has 4 rings (SSSR count). The summed E-state index contributed by atoms with van der Waals surface area (Å²) < 4.78 is 71.3. The molecule has 1 N–H and O–H groups in total. The van der Waals surface area contributed by atoms with Gasteiger partial charge in [0.1, 0.15) is 24.4 Å². The highest BCUT2D eigenvalue weighted by atomic mass is 19.4. The van der Waals surface area contributed by atoms with E-state index in [1.807, 2.05) is 6.92 Å². The number of anilines is 1. The van der Waals surface area contributed by atoms with Gasteiger partial charge >= 0.3 is 6.18 Å². The number of fused-ring (bicyclic) bond motifs is 1. The number of aromatic nitrogens is 6. The highest BCUT2D eigenvalue weighted by Crippen LogP contribution is 2.33. The topological polar surface area (TPSA) is 101 Å². The molecule has 3 aromatic rings. The molecule has 180 valence electrons. The van der Waals surface area contributed by atoms with Crippen molar-refractivity contribution in [1.29, 1.82) is 0 Å². The minimum absolute atomic E-state index is 0.000163. The molecular weight excluding hydrogens is 450 g/mol. The first-order valence-corrected chi connectivity index (χ1v) is 10.3. The molecule has 0 spiro atoms. The van der Waals surface area contributed by atoms with E-state index in [-0.39, 0.29) is 35.9 Å². The van der Waals surface area contributed by atoms with Crippen LogP contribution in [-0.2, 0) is 9.47 Å². The molecule has 3 atom stereocenters. The zero-order valence-electron chi connectivity index (χ0n) is 17.9. The maximum Gasteiger partial charge on any atom is 0.422 e. The Morgan fingerprint density at radius 1 is 1.36 bits per heavy atom. The maximum absolute atomic E-state index is 14.1. The molecule has 0 amide bonds. The van der Waals surface area contributed by atoms with Crippen LogP contribution in [0.3, 0.4) is 0 Å². The molecule has 0 bridgehead atoms. The third kappa shape index (κ3) is 5.33. The molecule has 1 unspecified atom stereocenters. The molecule has 1 aliphatic rings. The monoisotopic (exact) mass is 473 g/mol. The number of rotatable bonds is 8. The van der Waals surface area contributed by atoms with Crippen LogP contribution >= 0.6 is 0 Å². The molecule has 4 heterocycles. The molecule has 10 nitrogen and oxygen atoms in total. The predicted octanol–water partition coefficient (Wildman–Crippen LogP) is 3.02. The Kier molecular flexibility index (Phi) is 6.65. The van der Waals surface area contributed by atoms with E-state index in [2.05, 4.69) is 25.5 Å². The second-order valence-corrected chi connectivity index (χ2v) is 7.42. The van der Waals surface area contributed by atoms with Gasteiger partial charge in [-0.15, -0.1) is 5.10 Å². The fourth-order valence-corrected chi connectivity index (χ4v) is 3.40. The van der Waals surface area contributed by atoms with E-state index in [9.17, 15) is 17.6 Å². The van der Waals surface area contributed by atoms with Gasteiger partial charge in [0.05, 0.1) is 18.8 Å². The van der Waals surface area contributed by atoms with Gasteiger partial charge in [0, 0.05) is 25.0 Å². The van der Waals surface area contributed by atoms with Crippen LogP contribution in [0.5, 0.6) is 5.75 Å². The molecular formula is C19H23F4N7O3. The first-order chi connectivity index (χ1) is 15.7. The van der Waals surface area contributed by atoms with Crippen LogP contribution in [0, 0.1) is 0 Å². The Balaban J connectivity index is 1.70. The smallest absolute Gasteiger partial charge is 0.422 e. The molecule has 3 aromatic heterocycles. The van der Waals surface area contributed by atoms with Gasteiger partial charge in [-0.05, 0) is 20.3 Å². The fraction of sp³-hybridized carbons (Fsp3) is 0.579. The summed E-state index contributed by atoms with van der Waals surface area (Å²) in [5.41, 5.74) is 0.516. The first kappa shape index (κ1) is 23.2. The molecule has 1 saturated heterocycles. The average Bonchev–Trinajstić information content (AvgIpc) is 3.40. The Labute approximate surface area is 185 Å². The maximum atomic E-state index is 14.1. The number of hydrogen-bond donors (Lipinski definition) is 1. The van der Waals surface area contributed by atoms with Gasteiger partial charge in [-0.2, -0.15) is 27.8 Å². The fourth-order valence-electron chi connectivity index (χ4n) is 3.40. The number of alkyl halides is 4. The summed E-state index contributed by atoms with van der Waals surface area (Å²) >= 11 is 0. The van der Waals surface area contributed by atoms with Crippen LogP contribution in [0.1, 0.15) is 26.5 Å². The highest BCUT2D eigenvalue weighted by molar-refractivity contribution is 5.74. The van der Waals surface area contributed by atoms with Crippen molar-refractivity contribution in [1.82, 2.24) is 29.4 Å². The molecule has 1 aliphatic heterocycles. The van der Waals surface area contributed by atoms with Crippen LogP contribution in [-0.4, -0.2) is 74.2 Å². The molecule has 0 saturated carbocycles. The minimum Gasteiger partial charge on any atom is -0.478 e. The third-order valence-electron chi connectivity index (χ3n) is 4.98. The molecule has 0 aliphatic carbocycles. The minimum atomic E-state index is -4.58. The summed E-state index contributed by atoms with van der Waals surface area (Å²) in [4.78, 5) is 8.47. The van der Waals surface area contributed by atoms with Crippen molar-refractivity contribution in [3.05, 3.63) is 18.7 Å². The van der Waals surface area contributed by atoms with E-state index in [1.165, 1.54) is 21.7 Å². The van der Waals surface area contributed by atoms with E-state index < -0.39 is 25.0 Å². The van der Waals surface area contributed by atoms with Crippen molar-refractivity contribution in [2.24, 2.45) is 0 Å². The lowest BCUT2D eigenvalue weighted by atomic mass is 10.1. The van der Waals surface area contributed by atoms with Gasteiger partial charge in [0.15, 0.2) is 12.4 Å². The van der Waals surface area contributed by atoms with Crippen molar-refractivity contribution in [2.75, 3.05) is 31.7 Å². The van der Waals surface area contributed by atoms with E-state index in [0.29, 0.717) is 25.2 Å². The number of nitrogens with zero attached hydrogens (tertiary/aromatic N) is 6. The summed E-state index contributed by atoms with van der Waals surface area (Å²) in [5.74, 6) is -0.177. The van der Waals surface area contributed by atoms with E-state index >= 15 is 0 Å². The zero-order chi connectivity index (χ0) is 23.6. The Hall–Kier alpha value is -3.00. The molecule has 1 fully saturated rings. The van der Waals surface area contributed by atoms with Gasteiger partial charge in [-0.3, -0.25) is 0 Å². The third-order valence-corrected chi connectivity index (χ3v) is 4.98. The van der Waals surface area contributed by atoms with Gasteiger partial charge < -0.3 is 19.5 Å². The number of nitrogens with one attached hydrogen (secondary N) is 1. The largest absolute Gasteiger partial charge is 0.478 e. The molecule has 0 radical (unpaired) electrons. The Morgan fingerprint density at radius 2 is 2.18 bits per heavy atom. The van der Waals surface area contributed by atoms with Gasteiger partial charge in [-0.25, -0.2) is 14.1 Å². The number of hydrogen-bond acceptors (Lipinski definition) is 8. The first-order valence-electron chi connectivity index (χ1n) is 10.3. The van der Waals surface area contributed by atoms with Gasteiger partial charge in [0.25, 0.3) is 0 Å². The lowest BCUT2D eigenvalue weighted by Gasteiger charge is -2.26. The predicted molar refractivity (Wildman–Crippen MR) is 108 cm³/mol.